The molecule has 4 aromatic rings. The van der Waals surface area contributed by atoms with Crippen molar-refractivity contribution < 1.29 is 28.9 Å². The molecule has 0 saturated heterocycles. The molecule has 0 radical (unpaired) electrons. The van der Waals surface area contributed by atoms with E-state index in [9.17, 15) is 14.7 Å². The summed E-state index contributed by atoms with van der Waals surface area (Å²) in [4.78, 5) is 30.3. The van der Waals surface area contributed by atoms with E-state index in [1.807, 2.05) is 37.3 Å². The molecule has 2 heterocycles. The van der Waals surface area contributed by atoms with Crippen LogP contribution in [0.5, 0.6) is 11.5 Å². The number of aromatic amines is 1. The average Bonchev–Trinajstić information content (AvgIpc) is 3.36. The summed E-state index contributed by atoms with van der Waals surface area (Å²) in [6.07, 6.45) is -0.645. The molecule has 220 valence electrons. The van der Waals surface area contributed by atoms with Crippen LogP contribution in [-0.4, -0.2) is 59.6 Å². The molecule has 0 spiro atoms. The van der Waals surface area contributed by atoms with Crippen LogP contribution in [0.15, 0.2) is 66.7 Å². The first-order valence-electron chi connectivity index (χ1n) is 13.7. The molecule has 11 heteroatoms. The molecule has 3 N–H and O–H groups in total. The maximum absolute atomic E-state index is 13.5. The maximum Gasteiger partial charge on any atom is 0.416 e. The second kappa shape index (κ2) is 13.4. The van der Waals surface area contributed by atoms with Gasteiger partial charge < -0.3 is 29.6 Å². The molecule has 42 heavy (non-hydrogen) atoms. The lowest BCUT2D eigenvalue weighted by Gasteiger charge is -2.35. The number of hydrogen-bond donors (Lipinski definition) is 3. The van der Waals surface area contributed by atoms with Crippen molar-refractivity contribution in [1.29, 1.82) is 0 Å². The maximum atomic E-state index is 13.5. The van der Waals surface area contributed by atoms with Crippen molar-refractivity contribution in [2.24, 2.45) is 0 Å². The van der Waals surface area contributed by atoms with Crippen molar-refractivity contribution in [1.82, 2.24) is 15.2 Å². The van der Waals surface area contributed by atoms with Gasteiger partial charge in [0.1, 0.15) is 30.3 Å². The Morgan fingerprint density at radius 2 is 1.76 bits per heavy atom. The van der Waals surface area contributed by atoms with Crippen LogP contribution >= 0.6 is 23.2 Å². The monoisotopic (exact) mass is 611 g/mol. The van der Waals surface area contributed by atoms with Gasteiger partial charge in [-0.05, 0) is 78.6 Å². The minimum Gasteiger partial charge on any atom is -0.491 e. The summed E-state index contributed by atoms with van der Waals surface area (Å²) in [5.74, 6) is 0.925. The van der Waals surface area contributed by atoms with Gasteiger partial charge in [0.05, 0.1) is 13.2 Å². The van der Waals surface area contributed by atoms with Crippen molar-refractivity contribution in [2.75, 3.05) is 26.3 Å². The summed E-state index contributed by atoms with van der Waals surface area (Å²) in [5, 5.41) is 14.9. The van der Waals surface area contributed by atoms with Gasteiger partial charge in [0.15, 0.2) is 0 Å². The number of hydrogen-bond acceptors (Lipinski definition) is 6. The van der Waals surface area contributed by atoms with Gasteiger partial charge in [-0.25, -0.2) is 9.59 Å². The highest BCUT2D eigenvalue weighted by Crippen LogP contribution is 2.40. The summed E-state index contributed by atoms with van der Waals surface area (Å²) in [7, 11) is 0. The first-order chi connectivity index (χ1) is 20.3. The smallest absolute Gasteiger partial charge is 0.416 e. The van der Waals surface area contributed by atoms with Crippen LogP contribution in [0.25, 0.3) is 10.9 Å². The van der Waals surface area contributed by atoms with Crippen LogP contribution in [0.2, 0.25) is 10.0 Å². The second-order valence-corrected chi connectivity index (χ2v) is 10.8. The van der Waals surface area contributed by atoms with Gasteiger partial charge in [-0.1, -0.05) is 42.3 Å². The topological polar surface area (TPSA) is 113 Å². The standard InChI is InChI=1S/C31H31Cl2N3O6/c1-2-15-40-30(38)34-17-22(37)18-41-23-8-3-19(4-9-23)29-28-25(26-16-21(33)7-12-27(26)35-28)13-14-36(29)31(39)42-24-10-5-20(32)6-11-24/h3-12,16,22,29,35,37H,2,13-15,17-18H2,1H3,(H,34,38). The van der Waals surface area contributed by atoms with E-state index in [0.29, 0.717) is 47.5 Å². The van der Waals surface area contributed by atoms with Gasteiger partial charge in [-0.2, -0.15) is 0 Å². The second-order valence-electron chi connectivity index (χ2n) is 9.93. The summed E-state index contributed by atoms with van der Waals surface area (Å²) < 4.78 is 16.4. The molecule has 1 aliphatic rings. The van der Waals surface area contributed by atoms with Crippen LogP contribution in [0.1, 0.15) is 36.2 Å². The lowest BCUT2D eigenvalue weighted by Crippen LogP contribution is -2.42. The Labute approximate surface area is 253 Å². The highest BCUT2D eigenvalue weighted by molar-refractivity contribution is 6.31. The van der Waals surface area contributed by atoms with Crippen molar-refractivity contribution >= 4 is 46.3 Å². The van der Waals surface area contributed by atoms with Crippen LogP contribution in [0, 0.1) is 0 Å². The van der Waals surface area contributed by atoms with Crippen molar-refractivity contribution in [3.8, 4) is 11.5 Å². The van der Waals surface area contributed by atoms with Crippen LogP contribution < -0.4 is 14.8 Å². The summed E-state index contributed by atoms with van der Waals surface area (Å²) >= 11 is 12.3. The van der Waals surface area contributed by atoms with Crippen molar-refractivity contribution in [3.05, 3.63) is 93.6 Å². The molecule has 2 amide bonds. The van der Waals surface area contributed by atoms with Gasteiger partial charge >= 0.3 is 12.2 Å². The molecule has 0 fully saturated rings. The minimum atomic E-state index is -0.920. The molecule has 3 aromatic carbocycles. The van der Waals surface area contributed by atoms with E-state index in [1.165, 1.54) is 0 Å². The number of nitrogens with zero attached hydrogens (tertiary/aromatic N) is 1. The lowest BCUT2D eigenvalue weighted by molar-refractivity contribution is 0.0980. The van der Waals surface area contributed by atoms with E-state index in [4.69, 9.17) is 37.4 Å². The Kier molecular flexibility index (Phi) is 9.41. The van der Waals surface area contributed by atoms with Gasteiger partial charge in [0.25, 0.3) is 0 Å². The van der Waals surface area contributed by atoms with E-state index in [2.05, 4.69) is 10.3 Å². The van der Waals surface area contributed by atoms with Crippen LogP contribution in [0.4, 0.5) is 9.59 Å². The zero-order chi connectivity index (χ0) is 29.6. The molecule has 5 rings (SSSR count). The zero-order valence-electron chi connectivity index (χ0n) is 22.9. The Balaban J connectivity index is 1.34. The average molecular weight is 613 g/mol. The normalized spacial score (nSPS) is 15.1. The molecule has 2 unspecified atom stereocenters. The molecule has 2 atom stereocenters. The van der Waals surface area contributed by atoms with Gasteiger partial charge in [0, 0.05) is 33.2 Å². The van der Waals surface area contributed by atoms with Crippen LogP contribution in [-0.2, 0) is 11.2 Å². The number of carbonyl (C=O) groups is 2. The minimum absolute atomic E-state index is 0.000569. The molecule has 0 bridgehead atoms. The Morgan fingerprint density at radius 1 is 1.05 bits per heavy atom. The molecule has 0 aliphatic carbocycles. The quantitative estimate of drug-likeness (QED) is 0.199. The van der Waals surface area contributed by atoms with Crippen LogP contribution in [0.3, 0.4) is 0 Å². The lowest BCUT2D eigenvalue weighted by atomic mass is 9.92. The number of rotatable bonds is 9. The number of aliphatic hydroxyl groups is 1. The SMILES string of the molecule is CCCOC(=O)NCC(O)COc1ccc(C2c3[nH]c4ccc(Cl)cc4c3CCN2C(=O)Oc2ccc(Cl)cc2)cc1. The third kappa shape index (κ3) is 6.92. The highest BCUT2D eigenvalue weighted by atomic mass is 35.5. The number of benzene rings is 3. The number of halogens is 2. The highest BCUT2D eigenvalue weighted by Gasteiger charge is 2.35. The summed E-state index contributed by atoms with van der Waals surface area (Å²) in [6, 6.07) is 19.2. The number of ether oxygens (including phenoxy) is 3. The third-order valence-electron chi connectivity index (χ3n) is 6.90. The number of amides is 2. The fourth-order valence-electron chi connectivity index (χ4n) is 4.91. The van der Waals surface area contributed by atoms with E-state index < -0.39 is 24.3 Å². The predicted octanol–water partition coefficient (Wildman–Crippen LogP) is 6.50. The third-order valence-corrected chi connectivity index (χ3v) is 7.39. The Morgan fingerprint density at radius 3 is 2.50 bits per heavy atom. The largest absolute Gasteiger partial charge is 0.491 e. The number of alkyl carbamates (subject to hydrolysis) is 1. The molecule has 9 nitrogen and oxygen atoms in total. The Bertz CT molecular complexity index is 1540. The summed E-state index contributed by atoms with van der Waals surface area (Å²) in [6.45, 7) is 2.62. The van der Waals surface area contributed by atoms with E-state index in [0.717, 1.165) is 27.7 Å². The van der Waals surface area contributed by atoms with Crippen molar-refractivity contribution in [3.63, 3.8) is 0 Å². The van der Waals surface area contributed by atoms with Crippen molar-refractivity contribution in [2.45, 2.75) is 31.9 Å². The first kappa shape index (κ1) is 29.6. The van der Waals surface area contributed by atoms with Gasteiger partial charge in [-0.3, -0.25) is 4.90 Å². The molecule has 0 saturated carbocycles. The number of aromatic nitrogens is 1. The molecular formula is C31H31Cl2N3O6. The molecule has 1 aliphatic heterocycles. The Hall–Kier alpha value is -3.92. The number of H-pyrrole nitrogens is 1. The number of fused-ring (bicyclic) bond motifs is 3. The van der Waals surface area contributed by atoms with E-state index in [-0.39, 0.29) is 13.2 Å². The molecular weight excluding hydrogens is 581 g/mol. The number of carbonyl (C=O) groups excluding carboxylic acids is 2. The first-order valence-corrected chi connectivity index (χ1v) is 14.4. The molecule has 1 aromatic heterocycles. The van der Waals surface area contributed by atoms with Gasteiger partial charge in [0.2, 0.25) is 0 Å². The number of nitrogens with one attached hydrogen (secondary N) is 2. The summed E-state index contributed by atoms with van der Waals surface area (Å²) in [5.41, 5.74) is 3.76. The predicted molar refractivity (Wildman–Crippen MR) is 161 cm³/mol. The van der Waals surface area contributed by atoms with Gasteiger partial charge in [-0.15, -0.1) is 0 Å². The number of aliphatic hydroxyl groups excluding tert-OH is 1. The fraction of sp³-hybridized carbons (Fsp3) is 0.290. The zero-order valence-corrected chi connectivity index (χ0v) is 24.5. The van der Waals surface area contributed by atoms with E-state index >= 15 is 0 Å². The fourth-order valence-corrected chi connectivity index (χ4v) is 5.21. The van der Waals surface area contributed by atoms with E-state index in [1.54, 1.807) is 41.3 Å².